The fourth-order valence-corrected chi connectivity index (χ4v) is 7.39. The summed E-state index contributed by atoms with van der Waals surface area (Å²) >= 11 is 0. The Morgan fingerprint density at radius 2 is 0.933 bits per heavy atom. The maximum Gasteiger partial charge on any atom is -0.0233 e. The smallest absolute Gasteiger partial charge is 0.0233 e. The van der Waals surface area contributed by atoms with Crippen molar-refractivity contribution in [3.05, 3.63) is 12.2 Å². The van der Waals surface area contributed by atoms with Gasteiger partial charge in [-0.05, 0) is 93.8 Å². The van der Waals surface area contributed by atoms with E-state index in [1.807, 2.05) is 0 Å². The molecule has 3 aliphatic rings. The minimum Gasteiger partial charge on any atom is -0.0914 e. The van der Waals surface area contributed by atoms with Crippen molar-refractivity contribution in [2.75, 3.05) is 0 Å². The quantitative estimate of drug-likeness (QED) is 0.233. The van der Waals surface area contributed by atoms with Crippen molar-refractivity contribution in [3.63, 3.8) is 0 Å². The molecule has 0 aliphatic heterocycles. The van der Waals surface area contributed by atoms with Gasteiger partial charge >= 0.3 is 0 Å². The largest absolute Gasteiger partial charge is 0.0914 e. The Balaban J connectivity index is 1.20. The van der Waals surface area contributed by atoms with E-state index in [-0.39, 0.29) is 0 Å². The molecule has 0 spiro atoms. The minimum atomic E-state index is 0.901. The summed E-state index contributed by atoms with van der Waals surface area (Å²) in [5.41, 5.74) is 0. The molecule has 3 saturated carbocycles. The second-order valence-electron chi connectivity index (χ2n) is 11.6. The molecule has 0 aromatic heterocycles. The normalized spacial score (nSPS) is 35.7. The molecule has 3 rings (SSSR count). The third-order valence-corrected chi connectivity index (χ3v) is 9.50. The zero-order valence-electron chi connectivity index (χ0n) is 20.8. The number of hydrogen-bond acceptors (Lipinski definition) is 0. The van der Waals surface area contributed by atoms with Crippen molar-refractivity contribution in [1.82, 2.24) is 0 Å². The topological polar surface area (TPSA) is 0 Å². The Kier molecular flexibility index (Phi) is 11.4. The van der Waals surface area contributed by atoms with Gasteiger partial charge in [0.1, 0.15) is 0 Å². The first-order chi connectivity index (χ1) is 14.8. The molecule has 30 heavy (non-hydrogen) atoms. The highest BCUT2D eigenvalue weighted by atomic mass is 14.4. The van der Waals surface area contributed by atoms with E-state index in [1.165, 1.54) is 70.6 Å². The summed E-state index contributed by atoms with van der Waals surface area (Å²) in [6.07, 6.45) is 35.2. The maximum atomic E-state index is 2.45. The molecular formula is C30H54. The molecule has 3 aliphatic carbocycles. The van der Waals surface area contributed by atoms with Crippen LogP contribution in [0, 0.1) is 35.5 Å². The molecule has 0 radical (unpaired) electrons. The summed E-state index contributed by atoms with van der Waals surface area (Å²) < 4.78 is 0. The summed E-state index contributed by atoms with van der Waals surface area (Å²) in [5, 5.41) is 0. The molecule has 0 unspecified atom stereocenters. The zero-order chi connectivity index (χ0) is 21.0. The molecular weight excluding hydrogens is 360 g/mol. The molecule has 0 nitrogen and oxygen atoms in total. The third kappa shape index (κ3) is 8.35. The van der Waals surface area contributed by atoms with Crippen molar-refractivity contribution >= 4 is 0 Å². The van der Waals surface area contributed by atoms with E-state index in [9.17, 15) is 0 Å². The molecule has 0 aromatic rings. The number of rotatable bonds is 11. The second kappa shape index (κ2) is 14.0. The summed E-state index contributed by atoms with van der Waals surface area (Å²) in [5.74, 6) is 6.33. The van der Waals surface area contributed by atoms with Crippen LogP contribution in [0.25, 0.3) is 0 Å². The standard InChI is InChI=1S/C30H54/c1-3-5-6-10-27-17-21-29(22-18-27)30-23-19-28(20-24-30)12-8-7-11-26-15-13-25(9-4-2)14-16-26/h4,9,25-30H,3,5-8,10-24H2,1-2H3/b9-4+. The number of hydrogen-bond donors (Lipinski definition) is 0. The van der Waals surface area contributed by atoms with Crippen LogP contribution in [-0.2, 0) is 0 Å². The van der Waals surface area contributed by atoms with Crippen LogP contribution in [0.4, 0.5) is 0 Å². The number of allylic oxidation sites excluding steroid dienone is 2. The Labute approximate surface area is 190 Å². The Hall–Kier alpha value is -0.260. The van der Waals surface area contributed by atoms with Crippen LogP contribution in [0.5, 0.6) is 0 Å². The molecule has 0 heterocycles. The fraction of sp³-hybridized carbons (Fsp3) is 0.933. The van der Waals surface area contributed by atoms with Gasteiger partial charge in [-0.15, -0.1) is 0 Å². The summed E-state index contributed by atoms with van der Waals surface area (Å²) in [6.45, 7) is 4.52. The van der Waals surface area contributed by atoms with Crippen LogP contribution >= 0.6 is 0 Å². The van der Waals surface area contributed by atoms with Gasteiger partial charge in [-0.3, -0.25) is 0 Å². The Bertz CT molecular complexity index is 439. The maximum absolute atomic E-state index is 2.45. The highest BCUT2D eigenvalue weighted by Gasteiger charge is 2.30. The van der Waals surface area contributed by atoms with Crippen molar-refractivity contribution in [1.29, 1.82) is 0 Å². The first-order valence-electron chi connectivity index (χ1n) is 14.4. The van der Waals surface area contributed by atoms with Crippen molar-refractivity contribution < 1.29 is 0 Å². The van der Waals surface area contributed by atoms with E-state index >= 15 is 0 Å². The average Bonchev–Trinajstić information content (AvgIpc) is 2.79. The van der Waals surface area contributed by atoms with Crippen LogP contribution in [0.15, 0.2) is 12.2 Å². The molecule has 0 aromatic carbocycles. The molecule has 3 fully saturated rings. The van der Waals surface area contributed by atoms with E-state index in [4.69, 9.17) is 0 Å². The highest BCUT2D eigenvalue weighted by Crippen LogP contribution is 2.43. The zero-order valence-corrected chi connectivity index (χ0v) is 20.8. The molecule has 0 atom stereocenters. The fourth-order valence-electron chi connectivity index (χ4n) is 7.39. The van der Waals surface area contributed by atoms with Gasteiger partial charge in [0.25, 0.3) is 0 Å². The highest BCUT2D eigenvalue weighted by molar-refractivity contribution is 4.89. The van der Waals surface area contributed by atoms with Crippen LogP contribution in [0.1, 0.15) is 142 Å². The third-order valence-electron chi connectivity index (χ3n) is 9.50. The molecule has 0 amide bonds. The predicted molar refractivity (Wildman–Crippen MR) is 134 cm³/mol. The van der Waals surface area contributed by atoms with Gasteiger partial charge in [-0.2, -0.15) is 0 Å². The molecule has 0 bridgehead atoms. The Morgan fingerprint density at radius 1 is 0.533 bits per heavy atom. The van der Waals surface area contributed by atoms with Crippen LogP contribution in [0.3, 0.4) is 0 Å². The number of unbranched alkanes of at least 4 members (excludes halogenated alkanes) is 3. The lowest BCUT2D eigenvalue weighted by atomic mass is 9.68. The van der Waals surface area contributed by atoms with Gasteiger partial charge in [0.15, 0.2) is 0 Å². The molecule has 0 saturated heterocycles. The van der Waals surface area contributed by atoms with Gasteiger partial charge in [0, 0.05) is 0 Å². The molecule has 0 N–H and O–H groups in total. The Morgan fingerprint density at radius 3 is 1.33 bits per heavy atom. The van der Waals surface area contributed by atoms with Gasteiger partial charge in [0.2, 0.25) is 0 Å². The van der Waals surface area contributed by atoms with Crippen LogP contribution < -0.4 is 0 Å². The van der Waals surface area contributed by atoms with E-state index in [0.717, 1.165) is 35.5 Å². The lowest BCUT2D eigenvalue weighted by Gasteiger charge is -2.38. The lowest BCUT2D eigenvalue weighted by Crippen LogP contribution is -2.26. The van der Waals surface area contributed by atoms with E-state index < -0.39 is 0 Å². The van der Waals surface area contributed by atoms with Crippen LogP contribution in [0.2, 0.25) is 0 Å². The predicted octanol–water partition coefficient (Wildman–Crippen LogP) is 10.1. The monoisotopic (exact) mass is 414 g/mol. The summed E-state index contributed by atoms with van der Waals surface area (Å²) in [4.78, 5) is 0. The summed E-state index contributed by atoms with van der Waals surface area (Å²) in [6, 6.07) is 0. The second-order valence-corrected chi connectivity index (χ2v) is 11.6. The van der Waals surface area contributed by atoms with Gasteiger partial charge in [0.05, 0.1) is 0 Å². The first kappa shape index (κ1) is 24.4. The first-order valence-corrected chi connectivity index (χ1v) is 14.4. The van der Waals surface area contributed by atoms with Crippen molar-refractivity contribution in [3.8, 4) is 0 Å². The summed E-state index contributed by atoms with van der Waals surface area (Å²) in [7, 11) is 0. The average molecular weight is 415 g/mol. The van der Waals surface area contributed by atoms with Gasteiger partial charge in [-0.1, -0.05) is 96.1 Å². The molecule has 174 valence electrons. The van der Waals surface area contributed by atoms with Crippen LogP contribution in [-0.4, -0.2) is 0 Å². The minimum absolute atomic E-state index is 0.901. The van der Waals surface area contributed by atoms with E-state index in [0.29, 0.717) is 0 Å². The van der Waals surface area contributed by atoms with Gasteiger partial charge in [-0.25, -0.2) is 0 Å². The van der Waals surface area contributed by atoms with Crippen molar-refractivity contribution in [2.45, 2.75) is 142 Å². The van der Waals surface area contributed by atoms with E-state index in [2.05, 4.69) is 26.0 Å². The lowest BCUT2D eigenvalue weighted by molar-refractivity contribution is 0.139. The molecule has 0 heteroatoms. The van der Waals surface area contributed by atoms with E-state index in [1.54, 1.807) is 57.8 Å². The van der Waals surface area contributed by atoms with Crippen molar-refractivity contribution in [2.24, 2.45) is 35.5 Å². The van der Waals surface area contributed by atoms with Gasteiger partial charge < -0.3 is 0 Å². The SMILES string of the molecule is C/C=C/C1CCC(CCCCC2CCC(C3CCC(CCCCC)CC3)CC2)CC1.